The first kappa shape index (κ1) is 11.5. The summed E-state index contributed by atoms with van der Waals surface area (Å²) in [5.74, 6) is 0.0213. The number of nitrogens with one attached hydrogen (secondary N) is 1. The molecule has 0 spiro atoms. The van der Waals surface area contributed by atoms with Gasteiger partial charge in [-0.15, -0.1) is 0 Å². The summed E-state index contributed by atoms with van der Waals surface area (Å²) < 4.78 is 5.26. The van der Waals surface area contributed by atoms with E-state index in [-0.39, 0.29) is 24.7 Å². The highest BCUT2D eigenvalue weighted by Crippen LogP contribution is 2.21. The third kappa shape index (κ3) is 3.27. The topological polar surface area (TPSA) is 58.6 Å². The van der Waals surface area contributed by atoms with E-state index in [9.17, 15) is 4.79 Å². The van der Waals surface area contributed by atoms with E-state index in [4.69, 9.17) is 9.84 Å². The van der Waals surface area contributed by atoms with Crippen LogP contribution >= 0.6 is 0 Å². The summed E-state index contributed by atoms with van der Waals surface area (Å²) >= 11 is 0. The van der Waals surface area contributed by atoms with Gasteiger partial charge < -0.3 is 15.2 Å². The minimum absolute atomic E-state index is 0.0213. The molecule has 1 fully saturated rings. The second kappa shape index (κ2) is 5.98. The third-order valence-electron chi connectivity index (χ3n) is 2.66. The average Bonchev–Trinajstić information content (AvgIpc) is 2.62. The highest BCUT2D eigenvalue weighted by molar-refractivity contribution is 5.76. The van der Waals surface area contributed by atoms with Crippen molar-refractivity contribution in [3.63, 3.8) is 0 Å². The van der Waals surface area contributed by atoms with Crippen LogP contribution in [0.3, 0.4) is 0 Å². The Balaban J connectivity index is 2.25. The minimum atomic E-state index is 0.0213. The first-order valence-electron chi connectivity index (χ1n) is 5.21. The Bertz CT molecular complexity index is 184. The number of aliphatic hydroxyl groups excluding tert-OH is 1. The van der Waals surface area contributed by atoms with E-state index in [1.165, 1.54) is 0 Å². The van der Waals surface area contributed by atoms with Gasteiger partial charge in [0.2, 0.25) is 5.91 Å². The quantitative estimate of drug-likeness (QED) is 0.678. The fourth-order valence-electron chi connectivity index (χ4n) is 1.89. The minimum Gasteiger partial charge on any atom is -0.396 e. The van der Waals surface area contributed by atoms with Gasteiger partial charge in [-0.3, -0.25) is 4.79 Å². The van der Waals surface area contributed by atoms with Crippen LogP contribution < -0.4 is 5.32 Å². The van der Waals surface area contributed by atoms with E-state index in [0.717, 1.165) is 19.3 Å². The van der Waals surface area contributed by atoms with E-state index in [2.05, 4.69) is 5.32 Å². The van der Waals surface area contributed by atoms with E-state index < -0.39 is 0 Å². The zero-order valence-corrected chi connectivity index (χ0v) is 8.66. The number of rotatable bonds is 5. The van der Waals surface area contributed by atoms with E-state index in [1.807, 2.05) is 0 Å². The Labute approximate surface area is 84.6 Å². The molecule has 0 heterocycles. The van der Waals surface area contributed by atoms with Crippen LogP contribution in [0.1, 0.15) is 32.1 Å². The van der Waals surface area contributed by atoms with Gasteiger partial charge in [-0.2, -0.15) is 0 Å². The molecule has 1 aliphatic rings. The highest BCUT2D eigenvalue weighted by Gasteiger charge is 2.27. The van der Waals surface area contributed by atoms with Gasteiger partial charge in [0, 0.05) is 20.1 Å². The Hall–Kier alpha value is -0.610. The molecule has 1 aliphatic carbocycles. The molecule has 2 N–H and O–H groups in total. The van der Waals surface area contributed by atoms with Gasteiger partial charge in [-0.1, -0.05) is 0 Å². The lowest BCUT2D eigenvalue weighted by atomic mass is 10.2. The fourth-order valence-corrected chi connectivity index (χ4v) is 1.89. The zero-order chi connectivity index (χ0) is 10.4. The van der Waals surface area contributed by atoms with Crippen molar-refractivity contribution in [1.29, 1.82) is 0 Å². The van der Waals surface area contributed by atoms with Crippen LogP contribution in [0, 0.1) is 0 Å². The van der Waals surface area contributed by atoms with Crippen molar-refractivity contribution >= 4 is 5.91 Å². The molecule has 1 rings (SSSR count). The van der Waals surface area contributed by atoms with E-state index >= 15 is 0 Å². The second-order valence-corrected chi connectivity index (χ2v) is 3.71. The maximum Gasteiger partial charge on any atom is 0.220 e. The van der Waals surface area contributed by atoms with Crippen molar-refractivity contribution in [2.45, 2.75) is 44.2 Å². The molecule has 0 saturated heterocycles. The molecule has 0 aliphatic heterocycles. The molecule has 0 bridgehead atoms. The molecular weight excluding hydrogens is 182 g/mol. The first-order valence-corrected chi connectivity index (χ1v) is 5.21. The van der Waals surface area contributed by atoms with Crippen molar-refractivity contribution < 1.29 is 14.6 Å². The number of hydrogen-bond donors (Lipinski definition) is 2. The van der Waals surface area contributed by atoms with Gasteiger partial charge in [-0.25, -0.2) is 0 Å². The number of ether oxygens (including phenoxy) is 1. The standard InChI is InChI=1S/C10H19NO3/c1-14-9-5-2-4-8(9)11-10(13)6-3-7-12/h8-9,12H,2-7H2,1H3,(H,11,13). The normalized spacial score (nSPS) is 26.4. The number of hydrogen-bond acceptors (Lipinski definition) is 3. The van der Waals surface area contributed by atoms with Crippen molar-refractivity contribution in [3.8, 4) is 0 Å². The molecule has 2 unspecified atom stereocenters. The Kier molecular flexibility index (Phi) is 4.90. The van der Waals surface area contributed by atoms with E-state index in [1.54, 1.807) is 7.11 Å². The molecule has 0 aromatic heterocycles. The lowest BCUT2D eigenvalue weighted by Gasteiger charge is -2.19. The monoisotopic (exact) mass is 201 g/mol. The summed E-state index contributed by atoms with van der Waals surface area (Å²) in [6.45, 7) is 0.0752. The Morgan fingerprint density at radius 2 is 2.36 bits per heavy atom. The van der Waals surface area contributed by atoms with Crippen LogP contribution in [0.15, 0.2) is 0 Å². The van der Waals surface area contributed by atoms with Crippen LogP contribution in [0.25, 0.3) is 0 Å². The summed E-state index contributed by atoms with van der Waals surface area (Å²) in [6.07, 6.45) is 4.27. The predicted octanol–water partition coefficient (Wildman–Crippen LogP) is 0.443. The molecule has 0 aromatic rings. The largest absolute Gasteiger partial charge is 0.396 e. The predicted molar refractivity (Wildman–Crippen MR) is 52.9 cm³/mol. The van der Waals surface area contributed by atoms with Gasteiger partial charge in [0.25, 0.3) is 0 Å². The van der Waals surface area contributed by atoms with Gasteiger partial charge in [0.1, 0.15) is 0 Å². The first-order chi connectivity index (χ1) is 6.77. The van der Waals surface area contributed by atoms with Crippen molar-refractivity contribution in [3.05, 3.63) is 0 Å². The lowest BCUT2D eigenvalue weighted by molar-refractivity contribution is -0.122. The van der Waals surface area contributed by atoms with Gasteiger partial charge in [0.05, 0.1) is 12.1 Å². The molecule has 4 heteroatoms. The zero-order valence-electron chi connectivity index (χ0n) is 8.66. The van der Waals surface area contributed by atoms with Crippen molar-refractivity contribution in [2.24, 2.45) is 0 Å². The van der Waals surface area contributed by atoms with Gasteiger partial charge in [0.15, 0.2) is 0 Å². The van der Waals surface area contributed by atoms with Gasteiger partial charge in [-0.05, 0) is 25.7 Å². The number of carbonyl (C=O) groups is 1. The molecule has 1 saturated carbocycles. The van der Waals surface area contributed by atoms with E-state index in [0.29, 0.717) is 12.8 Å². The lowest BCUT2D eigenvalue weighted by Crippen LogP contribution is -2.40. The van der Waals surface area contributed by atoms with Crippen molar-refractivity contribution in [2.75, 3.05) is 13.7 Å². The number of aliphatic hydroxyl groups is 1. The van der Waals surface area contributed by atoms with Crippen LogP contribution in [-0.2, 0) is 9.53 Å². The Morgan fingerprint density at radius 1 is 1.57 bits per heavy atom. The van der Waals surface area contributed by atoms with Crippen LogP contribution in [0.4, 0.5) is 0 Å². The summed E-state index contributed by atoms with van der Waals surface area (Å²) in [5.41, 5.74) is 0. The molecule has 0 radical (unpaired) electrons. The molecular formula is C10H19NO3. The highest BCUT2D eigenvalue weighted by atomic mass is 16.5. The maximum atomic E-state index is 11.3. The molecule has 1 amide bonds. The SMILES string of the molecule is COC1CCCC1NC(=O)CCCO. The van der Waals surface area contributed by atoms with Crippen LogP contribution in [0.5, 0.6) is 0 Å². The van der Waals surface area contributed by atoms with Gasteiger partial charge >= 0.3 is 0 Å². The number of methoxy groups -OCH3 is 1. The molecule has 14 heavy (non-hydrogen) atoms. The molecule has 4 nitrogen and oxygen atoms in total. The van der Waals surface area contributed by atoms with Crippen molar-refractivity contribution in [1.82, 2.24) is 5.32 Å². The summed E-state index contributed by atoms with van der Waals surface area (Å²) in [4.78, 5) is 11.3. The molecule has 2 atom stereocenters. The number of carbonyl (C=O) groups excluding carboxylic acids is 1. The summed E-state index contributed by atoms with van der Waals surface area (Å²) in [5, 5.41) is 11.5. The van der Waals surface area contributed by atoms with Crippen LogP contribution in [-0.4, -0.2) is 36.9 Å². The summed E-state index contributed by atoms with van der Waals surface area (Å²) in [6, 6.07) is 0.172. The molecule has 0 aromatic carbocycles. The third-order valence-corrected chi connectivity index (χ3v) is 2.66. The molecule has 82 valence electrons. The smallest absolute Gasteiger partial charge is 0.220 e. The Morgan fingerprint density at radius 3 is 3.00 bits per heavy atom. The second-order valence-electron chi connectivity index (χ2n) is 3.71. The van der Waals surface area contributed by atoms with Crippen LogP contribution in [0.2, 0.25) is 0 Å². The average molecular weight is 201 g/mol. The fraction of sp³-hybridized carbons (Fsp3) is 0.900. The maximum absolute atomic E-state index is 11.3. The number of amides is 1. The summed E-state index contributed by atoms with van der Waals surface area (Å²) in [7, 11) is 1.68.